The van der Waals surface area contributed by atoms with Crippen molar-refractivity contribution in [2.24, 2.45) is 0 Å². The summed E-state index contributed by atoms with van der Waals surface area (Å²) in [6.45, 7) is 1.98. The average Bonchev–Trinajstić information content (AvgIpc) is 2.62. The molecule has 1 unspecified atom stereocenters. The van der Waals surface area contributed by atoms with Gasteiger partial charge in [0.1, 0.15) is 12.3 Å². The number of hydrazine groups is 1. The molecule has 0 radical (unpaired) electrons. The summed E-state index contributed by atoms with van der Waals surface area (Å²) in [6, 6.07) is 9.97. The molecule has 1 aromatic carbocycles. The Balaban J connectivity index is 2.18. The minimum Gasteiger partial charge on any atom is -0.325 e. The normalized spacial score (nSPS) is 20.2. The van der Waals surface area contributed by atoms with E-state index in [0.29, 0.717) is 0 Å². The first-order valence-corrected chi connectivity index (χ1v) is 5.01. The molecule has 0 aromatic heterocycles. The molecule has 15 heavy (non-hydrogen) atoms. The molecule has 3 heteroatoms. The van der Waals surface area contributed by atoms with Crippen LogP contribution in [-0.4, -0.2) is 12.3 Å². The number of nitrogens with one attached hydrogen (secondary N) is 2. The Morgan fingerprint density at radius 3 is 2.73 bits per heavy atom. The lowest BCUT2D eigenvalue weighted by molar-refractivity contribution is -0.108. The zero-order chi connectivity index (χ0) is 10.7. The van der Waals surface area contributed by atoms with E-state index < -0.39 is 0 Å². The van der Waals surface area contributed by atoms with Gasteiger partial charge in [0, 0.05) is 5.70 Å². The molecule has 0 saturated heterocycles. The van der Waals surface area contributed by atoms with Crippen molar-refractivity contribution in [2.75, 3.05) is 0 Å². The van der Waals surface area contributed by atoms with Gasteiger partial charge in [0.15, 0.2) is 0 Å². The van der Waals surface area contributed by atoms with Crippen LogP contribution in [0.5, 0.6) is 0 Å². The third-order valence-electron chi connectivity index (χ3n) is 2.65. The van der Waals surface area contributed by atoms with Crippen LogP contribution >= 0.6 is 0 Å². The van der Waals surface area contributed by atoms with Gasteiger partial charge >= 0.3 is 0 Å². The van der Waals surface area contributed by atoms with Gasteiger partial charge in [-0.15, -0.1) is 0 Å². The van der Waals surface area contributed by atoms with Crippen LogP contribution in [0, 0.1) is 0 Å². The van der Waals surface area contributed by atoms with E-state index in [1.807, 2.05) is 25.1 Å². The Morgan fingerprint density at radius 2 is 2.07 bits per heavy atom. The fourth-order valence-electron chi connectivity index (χ4n) is 1.76. The molecule has 2 rings (SSSR count). The summed E-state index contributed by atoms with van der Waals surface area (Å²) >= 11 is 0. The molecular weight excluding hydrogens is 188 g/mol. The van der Waals surface area contributed by atoms with Gasteiger partial charge < -0.3 is 10.2 Å². The molecule has 0 amide bonds. The summed E-state index contributed by atoms with van der Waals surface area (Å²) in [5, 5.41) is 0. The quantitative estimate of drug-likeness (QED) is 0.723. The van der Waals surface area contributed by atoms with Crippen molar-refractivity contribution < 1.29 is 4.79 Å². The molecular formula is C12H14N2O. The fraction of sp³-hybridized carbons (Fsp3) is 0.250. The van der Waals surface area contributed by atoms with Gasteiger partial charge in [0.05, 0.1) is 0 Å². The third kappa shape index (κ3) is 2.07. The van der Waals surface area contributed by atoms with Crippen molar-refractivity contribution in [3.8, 4) is 0 Å². The molecule has 0 spiro atoms. The monoisotopic (exact) mass is 202 g/mol. The lowest BCUT2D eigenvalue weighted by Crippen LogP contribution is -2.33. The van der Waals surface area contributed by atoms with Gasteiger partial charge in [0.25, 0.3) is 0 Å². The molecule has 3 nitrogen and oxygen atoms in total. The van der Waals surface area contributed by atoms with Crippen LogP contribution in [0.15, 0.2) is 41.6 Å². The predicted octanol–water partition coefficient (Wildman–Crippen LogP) is 1.18. The molecule has 2 N–H and O–H groups in total. The van der Waals surface area contributed by atoms with Gasteiger partial charge in [-0.25, -0.2) is 5.43 Å². The van der Waals surface area contributed by atoms with Crippen LogP contribution in [0.1, 0.15) is 12.5 Å². The number of allylic oxidation sites excluding steroid dienone is 1. The Morgan fingerprint density at radius 1 is 1.33 bits per heavy atom. The number of aldehydes is 1. The van der Waals surface area contributed by atoms with Crippen molar-refractivity contribution in [1.29, 1.82) is 0 Å². The summed E-state index contributed by atoms with van der Waals surface area (Å²) in [7, 11) is 0. The zero-order valence-corrected chi connectivity index (χ0v) is 8.66. The Kier molecular flexibility index (Phi) is 2.83. The van der Waals surface area contributed by atoms with Crippen LogP contribution in [0.25, 0.3) is 0 Å². The van der Waals surface area contributed by atoms with Crippen molar-refractivity contribution in [1.82, 2.24) is 10.9 Å². The van der Waals surface area contributed by atoms with E-state index in [2.05, 4.69) is 23.0 Å². The molecule has 1 aliphatic rings. The predicted molar refractivity (Wildman–Crippen MR) is 59.0 cm³/mol. The largest absolute Gasteiger partial charge is 0.325 e. The highest BCUT2D eigenvalue weighted by Crippen LogP contribution is 2.16. The second-order valence-corrected chi connectivity index (χ2v) is 3.70. The first-order valence-electron chi connectivity index (χ1n) is 5.01. The number of hydrogen-bond donors (Lipinski definition) is 2. The SMILES string of the molecule is CC1=C(Cc2ccccc2)C(C=O)NN1. The molecule has 78 valence electrons. The minimum absolute atomic E-state index is 0.190. The number of carbonyl (C=O) groups is 1. The summed E-state index contributed by atoms with van der Waals surface area (Å²) < 4.78 is 0. The van der Waals surface area contributed by atoms with E-state index in [0.717, 1.165) is 24.0 Å². The standard InChI is InChI=1S/C12H14N2O/c1-9-11(12(8-15)14-13-9)7-10-5-3-2-4-6-10/h2-6,8,12-14H,7H2,1H3. The smallest absolute Gasteiger partial charge is 0.142 e. The first-order chi connectivity index (χ1) is 7.31. The van der Waals surface area contributed by atoms with Crippen LogP contribution in [0.2, 0.25) is 0 Å². The van der Waals surface area contributed by atoms with Crippen molar-refractivity contribution >= 4 is 6.29 Å². The molecule has 1 aliphatic heterocycles. The van der Waals surface area contributed by atoms with Crippen molar-refractivity contribution in [3.63, 3.8) is 0 Å². The summed E-state index contributed by atoms with van der Waals surface area (Å²) in [5.74, 6) is 0. The second-order valence-electron chi connectivity index (χ2n) is 3.70. The maximum absolute atomic E-state index is 10.8. The van der Waals surface area contributed by atoms with E-state index in [1.54, 1.807) is 0 Å². The lowest BCUT2D eigenvalue weighted by atomic mass is 9.99. The van der Waals surface area contributed by atoms with Crippen molar-refractivity contribution in [3.05, 3.63) is 47.2 Å². The number of rotatable bonds is 3. The van der Waals surface area contributed by atoms with E-state index in [1.165, 1.54) is 5.56 Å². The molecule has 0 aliphatic carbocycles. The Hall–Kier alpha value is -1.61. The highest BCUT2D eigenvalue weighted by atomic mass is 16.1. The maximum atomic E-state index is 10.8. The molecule has 1 aromatic rings. The molecule has 0 fully saturated rings. The fourth-order valence-corrected chi connectivity index (χ4v) is 1.76. The van der Waals surface area contributed by atoms with E-state index >= 15 is 0 Å². The third-order valence-corrected chi connectivity index (χ3v) is 2.65. The average molecular weight is 202 g/mol. The van der Waals surface area contributed by atoms with Gasteiger partial charge in [-0.05, 0) is 24.5 Å². The minimum atomic E-state index is -0.190. The van der Waals surface area contributed by atoms with Crippen LogP contribution in [0.4, 0.5) is 0 Å². The van der Waals surface area contributed by atoms with E-state index in [4.69, 9.17) is 0 Å². The van der Waals surface area contributed by atoms with Crippen molar-refractivity contribution in [2.45, 2.75) is 19.4 Å². The summed E-state index contributed by atoms with van der Waals surface area (Å²) in [5.41, 5.74) is 9.32. The topological polar surface area (TPSA) is 41.1 Å². The van der Waals surface area contributed by atoms with E-state index in [9.17, 15) is 4.79 Å². The first kappa shape index (κ1) is 9.93. The van der Waals surface area contributed by atoms with Crippen LogP contribution < -0.4 is 10.9 Å². The number of carbonyl (C=O) groups excluding carboxylic acids is 1. The Bertz CT molecular complexity index is 384. The number of hydrogen-bond acceptors (Lipinski definition) is 3. The molecule has 1 atom stereocenters. The van der Waals surface area contributed by atoms with Gasteiger partial charge in [-0.1, -0.05) is 30.3 Å². The highest BCUT2D eigenvalue weighted by Gasteiger charge is 2.21. The van der Waals surface area contributed by atoms with Crippen LogP contribution in [-0.2, 0) is 11.2 Å². The molecule has 0 bridgehead atoms. The molecule has 0 saturated carbocycles. The molecule has 1 heterocycles. The van der Waals surface area contributed by atoms with Gasteiger partial charge in [-0.3, -0.25) is 0 Å². The van der Waals surface area contributed by atoms with Gasteiger partial charge in [0.2, 0.25) is 0 Å². The second kappa shape index (κ2) is 4.28. The Labute approximate surface area is 89.2 Å². The summed E-state index contributed by atoms with van der Waals surface area (Å²) in [6.07, 6.45) is 1.75. The van der Waals surface area contributed by atoms with E-state index in [-0.39, 0.29) is 6.04 Å². The highest BCUT2D eigenvalue weighted by molar-refractivity contribution is 5.65. The van der Waals surface area contributed by atoms with Gasteiger partial charge in [-0.2, -0.15) is 0 Å². The lowest BCUT2D eigenvalue weighted by Gasteiger charge is -2.07. The zero-order valence-electron chi connectivity index (χ0n) is 8.66. The maximum Gasteiger partial charge on any atom is 0.142 e. The number of benzene rings is 1. The van der Waals surface area contributed by atoms with Crippen LogP contribution in [0.3, 0.4) is 0 Å². The summed E-state index contributed by atoms with van der Waals surface area (Å²) in [4.78, 5) is 10.8.